The summed E-state index contributed by atoms with van der Waals surface area (Å²) in [7, 11) is 2.13. The SMILES string of the molecule is CC(C)c1cc(NC(=O)Nc2ccc(Oc3ccnc(-c4cn[nH]c4)c3)cc2)n(-c2ccc3c(c2)CN(C)CC3)n1. The van der Waals surface area contributed by atoms with Crippen LogP contribution in [0.4, 0.5) is 16.3 Å². The van der Waals surface area contributed by atoms with Gasteiger partial charge in [-0.25, -0.2) is 9.48 Å². The number of pyridine rings is 1. The molecule has 6 rings (SSSR count). The summed E-state index contributed by atoms with van der Waals surface area (Å²) in [5, 5.41) is 17.5. The molecule has 0 spiro atoms. The van der Waals surface area contributed by atoms with Gasteiger partial charge in [-0.2, -0.15) is 10.2 Å². The van der Waals surface area contributed by atoms with Gasteiger partial charge in [-0.05, 0) is 73.0 Å². The summed E-state index contributed by atoms with van der Waals surface area (Å²) in [5.74, 6) is 2.12. The number of aromatic amines is 1. The highest BCUT2D eigenvalue weighted by Crippen LogP contribution is 2.28. The zero-order chi connectivity index (χ0) is 28.3. The van der Waals surface area contributed by atoms with Crippen LogP contribution in [0.1, 0.15) is 36.6 Å². The first-order chi connectivity index (χ1) is 19.9. The molecule has 41 heavy (non-hydrogen) atoms. The average Bonchev–Trinajstić information content (AvgIpc) is 3.65. The van der Waals surface area contributed by atoms with E-state index in [-0.39, 0.29) is 11.9 Å². The summed E-state index contributed by atoms with van der Waals surface area (Å²) in [6.45, 7) is 6.14. The summed E-state index contributed by atoms with van der Waals surface area (Å²) in [4.78, 5) is 19.7. The molecule has 1 aliphatic rings. The van der Waals surface area contributed by atoms with Crippen LogP contribution in [0.15, 0.2) is 79.3 Å². The number of hydrogen-bond acceptors (Lipinski definition) is 6. The number of anilines is 2. The number of ether oxygens (including phenoxy) is 1. The van der Waals surface area contributed by atoms with Crippen molar-refractivity contribution in [2.75, 3.05) is 24.2 Å². The zero-order valence-corrected chi connectivity index (χ0v) is 23.3. The summed E-state index contributed by atoms with van der Waals surface area (Å²) in [6.07, 6.45) is 6.21. The van der Waals surface area contributed by atoms with E-state index in [2.05, 4.69) is 69.8 Å². The number of carbonyl (C=O) groups is 1. The highest BCUT2D eigenvalue weighted by Gasteiger charge is 2.18. The Kier molecular flexibility index (Phi) is 7.22. The lowest BCUT2D eigenvalue weighted by Crippen LogP contribution is -2.26. The van der Waals surface area contributed by atoms with Crippen molar-refractivity contribution >= 4 is 17.5 Å². The smallest absolute Gasteiger partial charge is 0.324 e. The van der Waals surface area contributed by atoms with Crippen LogP contribution >= 0.6 is 0 Å². The molecule has 0 atom stereocenters. The first kappa shape index (κ1) is 26.3. The molecule has 10 nitrogen and oxygen atoms in total. The van der Waals surface area contributed by atoms with Crippen molar-refractivity contribution in [1.29, 1.82) is 0 Å². The van der Waals surface area contributed by atoms with Gasteiger partial charge in [0.2, 0.25) is 0 Å². The van der Waals surface area contributed by atoms with E-state index >= 15 is 0 Å². The quantitative estimate of drug-likeness (QED) is 0.223. The summed E-state index contributed by atoms with van der Waals surface area (Å²) >= 11 is 0. The number of carbonyl (C=O) groups excluding carboxylic acids is 1. The molecular weight excluding hydrogens is 516 g/mol. The van der Waals surface area contributed by atoms with Crippen molar-refractivity contribution in [2.45, 2.75) is 32.7 Å². The Balaban J connectivity index is 1.14. The maximum atomic E-state index is 13.0. The maximum absolute atomic E-state index is 13.0. The van der Waals surface area contributed by atoms with Crippen LogP contribution in [-0.2, 0) is 13.0 Å². The Bertz CT molecular complexity index is 1660. The van der Waals surface area contributed by atoms with Gasteiger partial charge in [0.1, 0.15) is 17.3 Å². The summed E-state index contributed by atoms with van der Waals surface area (Å²) < 4.78 is 7.81. The van der Waals surface area contributed by atoms with E-state index in [1.807, 2.05) is 16.8 Å². The monoisotopic (exact) mass is 548 g/mol. The molecule has 0 saturated carbocycles. The molecule has 0 bridgehead atoms. The van der Waals surface area contributed by atoms with Crippen molar-refractivity contribution in [2.24, 2.45) is 0 Å². The molecule has 0 saturated heterocycles. The number of amides is 2. The standard InChI is InChI=1S/C31H32N8O2/c1-20(2)28-16-30(39(37-28)25-7-4-21-11-13-38(3)19-22(21)14-25)36-31(40)35-24-5-8-26(9-6-24)41-27-10-12-32-29(15-27)23-17-33-34-18-23/h4-10,12,14-18,20H,11,13,19H2,1-3H3,(H,33,34)(H2,35,36,40). The molecule has 1 aliphatic heterocycles. The fraction of sp³-hybridized carbons (Fsp3) is 0.226. The van der Waals surface area contributed by atoms with E-state index in [1.165, 1.54) is 11.1 Å². The minimum Gasteiger partial charge on any atom is -0.457 e. The molecule has 4 heterocycles. The van der Waals surface area contributed by atoms with E-state index in [4.69, 9.17) is 9.84 Å². The van der Waals surface area contributed by atoms with Gasteiger partial charge in [-0.15, -0.1) is 0 Å². The Morgan fingerprint density at radius 1 is 1.00 bits per heavy atom. The molecule has 3 aromatic heterocycles. The Labute approximate surface area is 238 Å². The number of likely N-dealkylation sites (N-methyl/N-ethyl adjacent to an activating group) is 1. The lowest BCUT2D eigenvalue weighted by molar-refractivity contribution is 0.262. The van der Waals surface area contributed by atoms with Crippen LogP contribution in [0.3, 0.4) is 0 Å². The van der Waals surface area contributed by atoms with Gasteiger partial charge >= 0.3 is 6.03 Å². The molecule has 0 fully saturated rings. The molecule has 0 unspecified atom stereocenters. The van der Waals surface area contributed by atoms with Crippen LogP contribution < -0.4 is 15.4 Å². The number of fused-ring (bicyclic) bond motifs is 1. The van der Waals surface area contributed by atoms with Crippen molar-refractivity contribution in [3.8, 4) is 28.4 Å². The van der Waals surface area contributed by atoms with E-state index in [9.17, 15) is 4.79 Å². The minimum absolute atomic E-state index is 0.215. The highest BCUT2D eigenvalue weighted by atomic mass is 16.5. The van der Waals surface area contributed by atoms with Crippen LogP contribution in [-0.4, -0.2) is 49.5 Å². The fourth-order valence-corrected chi connectivity index (χ4v) is 4.83. The number of nitrogens with one attached hydrogen (secondary N) is 3. The molecule has 0 radical (unpaired) electrons. The van der Waals surface area contributed by atoms with Gasteiger partial charge in [0.25, 0.3) is 0 Å². The van der Waals surface area contributed by atoms with E-state index < -0.39 is 0 Å². The van der Waals surface area contributed by atoms with Crippen LogP contribution in [0.2, 0.25) is 0 Å². The number of nitrogens with zero attached hydrogens (tertiary/aromatic N) is 5. The predicted molar refractivity (Wildman–Crippen MR) is 159 cm³/mol. The molecule has 3 N–H and O–H groups in total. The number of hydrogen-bond donors (Lipinski definition) is 3. The Morgan fingerprint density at radius 3 is 2.63 bits per heavy atom. The Morgan fingerprint density at radius 2 is 1.85 bits per heavy atom. The molecule has 0 aliphatic carbocycles. The zero-order valence-electron chi connectivity index (χ0n) is 23.3. The van der Waals surface area contributed by atoms with Crippen molar-refractivity contribution in [3.05, 3.63) is 96.1 Å². The molecule has 2 aromatic carbocycles. The normalized spacial score (nSPS) is 13.2. The average molecular weight is 549 g/mol. The molecule has 208 valence electrons. The van der Waals surface area contributed by atoms with E-state index in [1.54, 1.807) is 48.9 Å². The second-order valence-corrected chi connectivity index (χ2v) is 10.5. The van der Waals surface area contributed by atoms with Gasteiger partial charge < -0.3 is 15.0 Å². The fourth-order valence-electron chi connectivity index (χ4n) is 4.83. The summed E-state index contributed by atoms with van der Waals surface area (Å²) in [5.41, 5.74) is 6.76. The topological polar surface area (TPSA) is 113 Å². The second kappa shape index (κ2) is 11.3. The maximum Gasteiger partial charge on any atom is 0.324 e. The van der Waals surface area contributed by atoms with Gasteiger partial charge in [0, 0.05) is 48.9 Å². The van der Waals surface area contributed by atoms with Crippen LogP contribution in [0, 0.1) is 0 Å². The number of aromatic nitrogens is 5. The molecule has 5 aromatic rings. The highest BCUT2D eigenvalue weighted by molar-refractivity contribution is 5.99. The molecule has 2 amide bonds. The minimum atomic E-state index is -0.355. The van der Waals surface area contributed by atoms with Gasteiger partial charge in [-0.3, -0.25) is 15.4 Å². The first-order valence-corrected chi connectivity index (χ1v) is 13.6. The van der Waals surface area contributed by atoms with E-state index in [0.717, 1.165) is 42.1 Å². The van der Waals surface area contributed by atoms with Crippen LogP contribution in [0.25, 0.3) is 16.9 Å². The number of rotatable bonds is 7. The van der Waals surface area contributed by atoms with Crippen LogP contribution in [0.5, 0.6) is 11.5 Å². The molecule has 10 heteroatoms. The number of urea groups is 1. The third-order valence-corrected chi connectivity index (χ3v) is 7.07. The lowest BCUT2D eigenvalue weighted by atomic mass is 9.99. The number of benzene rings is 2. The molecular formula is C31H32N8O2. The first-order valence-electron chi connectivity index (χ1n) is 13.6. The third-order valence-electron chi connectivity index (χ3n) is 7.07. The largest absolute Gasteiger partial charge is 0.457 e. The Hall–Kier alpha value is -4.96. The van der Waals surface area contributed by atoms with Gasteiger partial charge in [0.05, 0.1) is 23.3 Å². The van der Waals surface area contributed by atoms with Crippen molar-refractivity contribution < 1.29 is 9.53 Å². The van der Waals surface area contributed by atoms with Gasteiger partial charge in [0.15, 0.2) is 0 Å². The van der Waals surface area contributed by atoms with Crippen molar-refractivity contribution in [1.82, 2.24) is 29.9 Å². The van der Waals surface area contributed by atoms with Crippen molar-refractivity contribution in [3.63, 3.8) is 0 Å². The number of H-pyrrole nitrogens is 1. The van der Waals surface area contributed by atoms with Gasteiger partial charge in [-0.1, -0.05) is 19.9 Å². The third kappa shape index (κ3) is 5.97. The predicted octanol–water partition coefficient (Wildman–Crippen LogP) is 6.21. The second-order valence-electron chi connectivity index (χ2n) is 10.5. The summed E-state index contributed by atoms with van der Waals surface area (Å²) in [6, 6.07) is 18.8. The lowest BCUT2D eigenvalue weighted by Gasteiger charge is -2.25. The van der Waals surface area contributed by atoms with E-state index in [0.29, 0.717) is 23.0 Å².